The number of nitrogens with zero attached hydrogens (tertiary/aromatic N) is 1. The molecule has 0 saturated heterocycles. The summed E-state index contributed by atoms with van der Waals surface area (Å²) in [5.74, 6) is -0.516. The van der Waals surface area contributed by atoms with E-state index >= 15 is 0 Å². The van der Waals surface area contributed by atoms with Crippen LogP contribution in [0.15, 0.2) is 79.0 Å². The summed E-state index contributed by atoms with van der Waals surface area (Å²) in [5, 5.41) is 2.99. The molecule has 0 radical (unpaired) electrons. The Morgan fingerprint density at radius 1 is 0.913 bits per heavy atom. The molecule has 0 spiro atoms. The van der Waals surface area contributed by atoms with Crippen LogP contribution in [0.5, 0.6) is 0 Å². The number of benzene rings is 2. The minimum Gasteiger partial charge on any atom is -0.325 e. The minimum atomic E-state index is -0.432. The Balaban J connectivity index is 1.92. The Morgan fingerprint density at radius 3 is 2.26 bits per heavy atom. The molecule has 1 aromatic heterocycles. The predicted octanol–water partition coefficient (Wildman–Crippen LogP) is 4.16. The van der Waals surface area contributed by atoms with Crippen molar-refractivity contribution in [2.45, 2.75) is 12.8 Å². The fourth-order valence-corrected chi connectivity index (χ4v) is 2.50. The second-order valence-corrected chi connectivity index (χ2v) is 5.45. The van der Waals surface area contributed by atoms with E-state index in [0.29, 0.717) is 0 Å². The molecular formula is C20H18N2O. The average molecular weight is 302 g/mol. The lowest BCUT2D eigenvalue weighted by Gasteiger charge is -2.17. The first-order chi connectivity index (χ1) is 11.2. The van der Waals surface area contributed by atoms with Crippen LogP contribution >= 0.6 is 0 Å². The van der Waals surface area contributed by atoms with Gasteiger partial charge in [-0.15, -0.1) is 0 Å². The number of hydrogen-bond acceptors (Lipinski definition) is 2. The third kappa shape index (κ3) is 3.64. The van der Waals surface area contributed by atoms with Crippen LogP contribution in [-0.4, -0.2) is 10.9 Å². The van der Waals surface area contributed by atoms with E-state index in [1.165, 1.54) is 0 Å². The third-order valence-corrected chi connectivity index (χ3v) is 3.70. The van der Waals surface area contributed by atoms with Gasteiger partial charge in [0.1, 0.15) is 5.92 Å². The predicted molar refractivity (Wildman–Crippen MR) is 92.3 cm³/mol. The van der Waals surface area contributed by atoms with Crippen LogP contribution in [0.1, 0.15) is 22.7 Å². The molecule has 1 N–H and O–H groups in total. The van der Waals surface area contributed by atoms with E-state index in [4.69, 9.17) is 0 Å². The highest BCUT2D eigenvalue weighted by Crippen LogP contribution is 2.24. The molecular weight excluding hydrogens is 284 g/mol. The van der Waals surface area contributed by atoms with E-state index in [1.807, 2.05) is 79.7 Å². The summed E-state index contributed by atoms with van der Waals surface area (Å²) in [6.45, 7) is 2.02. The Morgan fingerprint density at radius 2 is 1.61 bits per heavy atom. The monoisotopic (exact) mass is 302 g/mol. The highest BCUT2D eigenvalue weighted by molar-refractivity contribution is 5.97. The number of nitrogens with one attached hydrogen (secondary N) is 1. The fraction of sp³-hybridized carbons (Fsp3) is 0.100. The van der Waals surface area contributed by atoms with E-state index in [-0.39, 0.29) is 5.91 Å². The van der Waals surface area contributed by atoms with Gasteiger partial charge in [-0.25, -0.2) is 0 Å². The molecule has 3 heteroatoms. The molecule has 0 bridgehead atoms. The van der Waals surface area contributed by atoms with Crippen molar-refractivity contribution in [1.29, 1.82) is 0 Å². The first kappa shape index (κ1) is 15.0. The second kappa shape index (κ2) is 6.88. The Kier molecular flexibility index (Phi) is 4.48. The molecule has 0 aliphatic heterocycles. The molecule has 23 heavy (non-hydrogen) atoms. The SMILES string of the molecule is Cc1ccc(NC(=O)[C@H](c2ccccc2)c2ccccn2)cc1. The van der Waals surface area contributed by atoms with Gasteiger partial charge in [0.05, 0.1) is 5.69 Å². The van der Waals surface area contributed by atoms with Crippen molar-refractivity contribution >= 4 is 11.6 Å². The molecule has 3 nitrogen and oxygen atoms in total. The lowest BCUT2D eigenvalue weighted by atomic mass is 9.94. The van der Waals surface area contributed by atoms with Gasteiger partial charge in [-0.05, 0) is 36.8 Å². The van der Waals surface area contributed by atoms with Crippen LogP contribution in [0.3, 0.4) is 0 Å². The molecule has 114 valence electrons. The quantitative estimate of drug-likeness (QED) is 0.786. The number of anilines is 1. The summed E-state index contributed by atoms with van der Waals surface area (Å²) >= 11 is 0. The standard InChI is InChI=1S/C20H18N2O/c1-15-10-12-17(13-11-15)22-20(23)19(16-7-3-2-4-8-16)18-9-5-6-14-21-18/h2-14,19H,1H3,(H,22,23)/t19-/m1/s1. The van der Waals surface area contributed by atoms with E-state index in [1.54, 1.807) is 6.20 Å². The third-order valence-electron chi connectivity index (χ3n) is 3.70. The molecule has 0 aliphatic rings. The van der Waals surface area contributed by atoms with Crippen molar-refractivity contribution in [3.8, 4) is 0 Å². The average Bonchev–Trinajstić information content (AvgIpc) is 2.59. The maximum atomic E-state index is 12.8. The molecule has 1 atom stereocenters. The van der Waals surface area contributed by atoms with Crippen LogP contribution in [0.4, 0.5) is 5.69 Å². The van der Waals surface area contributed by atoms with Crippen molar-refractivity contribution in [2.75, 3.05) is 5.32 Å². The second-order valence-electron chi connectivity index (χ2n) is 5.45. The Bertz CT molecular complexity index is 728. The molecule has 3 aromatic rings. The van der Waals surface area contributed by atoms with Gasteiger partial charge in [-0.2, -0.15) is 0 Å². The van der Waals surface area contributed by atoms with Gasteiger partial charge in [-0.1, -0.05) is 54.1 Å². The highest BCUT2D eigenvalue weighted by Gasteiger charge is 2.23. The summed E-state index contributed by atoms with van der Waals surface area (Å²) in [7, 11) is 0. The maximum Gasteiger partial charge on any atom is 0.237 e. The van der Waals surface area contributed by atoms with E-state index < -0.39 is 5.92 Å². The smallest absolute Gasteiger partial charge is 0.237 e. The van der Waals surface area contributed by atoms with Crippen molar-refractivity contribution in [3.63, 3.8) is 0 Å². The van der Waals surface area contributed by atoms with Gasteiger partial charge in [0.2, 0.25) is 5.91 Å². The zero-order chi connectivity index (χ0) is 16.1. The van der Waals surface area contributed by atoms with E-state index in [0.717, 1.165) is 22.5 Å². The zero-order valence-corrected chi connectivity index (χ0v) is 12.9. The topological polar surface area (TPSA) is 42.0 Å². The lowest BCUT2D eigenvalue weighted by molar-refractivity contribution is -0.116. The largest absolute Gasteiger partial charge is 0.325 e. The fourth-order valence-electron chi connectivity index (χ4n) is 2.50. The summed E-state index contributed by atoms with van der Waals surface area (Å²) < 4.78 is 0. The number of aryl methyl sites for hydroxylation is 1. The molecule has 0 aliphatic carbocycles. The van der Waals surface area contributed by atoms with Crippen molar-refractivity contribution in [3.05, 3.63) is 95.8 Å². The van der Waals surface area contributed by atoms with Gasteiger partial charge in [-0.3, -0.25) is 9.78 Å². The maximum absolute atomic E-state index is 12.8. The van der Waals surface area contributed by atoms with Crippen LogP contribution in [0.25, 0.3) is 0 Å². The normalized spacial score (nSPS) is 11.7. The van der Waals surface area contributed by atoms with Gasteiger partial charge in [0.25, 0.3) is 0 Å². The Hall–Kier alpha value is -2.94. The van der Waals surface area contributed by atoms with Crippen molar-refractivity contribution in [1.82, 2.24) is 4.98 Å². The number of hydrogen-bond donors (Lipinski definition) is 1. The van der Waals surface area contributed by atoms with Gasteiger partial charge in [0.15, 0.2) is 0 Å². The summed E-state index contributed by atoms with van der Waals surface area (Å²) in [5.41, 5.74) is 3.61. The van der Waals surface area contributed by atoms with Gasteiger partial charge >= 0.3 is 0 Å². The number of carbonyl (C=O) groups excluding carboxylic acids is 1. The van der Waals surface area contributed by atoms with Crippen LogP contribution in [-0.2, 0) is 4.79 Å². The number of pyridine rings is 1. The number of carbonyl (C=O) groups is 1. The molecule has 1 amide bonds. The first-order valence-corrected chi connectivity index (χ1v) is 7.57. The molecule has 0 fully saturated rings. The van der Waals surface area contributed by atoms with Crippen LogP contribution in [0.2, 0.25) is 0 Å². The number of rotatable bonds is 4. The van der Waals surface area contributed by atoms with E-state index in [2.05, 4.69) is 10.3 Å². The first-order valence-electron chi connectivity index (χ1n) is 7.57. The minimum absolute atomic E-state index is 0.0845. The number of amides is 1. The lowest BCUT2D eigenvalue weighted by Crippen LogP contribution is -2.23. The van der Waals surface area contributed by atoms with Gasteiger partial charge in [0, 0.05) is 11.9 Å². The Labute approximate surface area is 136 Å². The zero-order valence-electron chi connectivity index (χ0n) is 12.9. The molecule has 0 unspecified atom stereocenters. The van der Waals surface area contributed by atoms with Gasteiger partial charge < -0.3 is 5.32 Å². The molecule has 0 saturated carbocycles. The van der Waals surface area contributed by atoms with Crippen molar-refractivity contribution < 1.29 is 4.79 Å². The summed E-state index contributed by atoms with van der Waals surface area (Å²) in [4.78, 5) is 17.2. The highest BCUT2D eigenvalue weighted by atomic mass is 16.1. The molecule has 1 heterocycles. The summed E-state index contributed by atoms with van der Waals surface area (Å²) in [6, 6.07) is 23.1. The van der Waals surface area contributed by atoms with Crippen LogP contribution in [0, 0.1) is 6.92 Å². The summed E-state index contributed by atoms with van der Waals surface area (Å²) in [6.07, 6.45) is 1.71. The number of aromatic nitrogens is 1. The molecule has 3 rings (SSSR count). The van der Waals surface area contributed by atoms with Crippen molar-refractivity contribution in [2.24, 2.45) is 0 Å². The molecule has 2 aromatic carbocycles. The van der Waals surface area contributed by atoms with E-state index in [9.17, 15) is 4.79 Å². The van der Waals surface area contributed by atoms with Crippen LogP contribution < -0.4 is 5.32 Å².